The number of hydrogen-bond acceptors (Lipinski definition) is 6. The summed E-state index contributed by atoms with van der Waals surface area (Å²) in [5, 5.41) is 4.57. The van der Waals surface area contributed by atoms with Gasteiger partial charge in [-0.2, -0.15) is 0 Å². The first kappa shape index (κ1) is 15.9. The van der Waals surface area contributed by atoms with E-state index in [0.717, 1.165) is 30.0 Å². The summed E-state index contributed by atoms with van der Waals surface area (Å²) in [5.74, 6) is 0.718. The lowest BCUT2D eigenvalue weighted by Crippen LogP contribution is -2.14. The molecule has 0 saturated heterocycles. The highest BCUT2D eigenvalue weighted by molar-refractivity contribution is 7.99. The molecule has 0 radical (unpaired) electrons. The van der Waals surface area contributed by atoms with Gasteiger partial charge in [0.05, 0.1) is 0 Å². The Balaban J connectivity index is 2.22. The Morgan fingerprint density at radius 3 is 2.57 bits per heavy atom. The molecule has 0 fully saturated rings. The quantitative estimate of drug-likeness (QED) is 0.559. The topological polar surface area (TPSA) is 89.8 Å². The molecule has 0 aliphatic carbocycles. The molecule has 112 valence electrons. The molecule has 21 heavy (non-hydrogen) atoms. The van der Waals surface area contributed by atoms with Crippen molar-refractivity contribution in [2.75, 3.05) is 18.0 Å². The van der Waals surface area contributed by atoms with Crippen LogP contribution < -0.4 is 16.8 Å². The number of hydrogen-bond donors (Lipinski definition) is 3. The fourth-order valence-electron chi connectivity index (χ4n) is 1.78. The molecule has 0 amide bonds. The van der Waals surface area contributed by atoms with Crippen molar-refractivity contribution < 1.29 is 0 Å². The summed E-state index contributed by atoms with van der Waals surface area (Å²) in [6, 6.07) is 7.32. The SMILES string of the molecule is CCCNCc1ccc(Cl)cc1Sc1nc(N)cc(N)n1. The van der Waals surface area contributed by atoms with Crippen molar-refractivity contribution in [3.05, 3.63) is 34.9 Å². The average molecular weight is 324 g/mol. The molecule has 0 unspecified atom stereocenters. The summed E-state index contributed by atoms with van der Waals surface area (Å²) >= 11 is 7.49. The number of nitrogens with zero attached hydrogens (tertiary/aromatic N) is 2. The van der Waals surface area contributed by atoms with E-state index in [9.17, 15) is 0 Å². The van der Waals surface area contributed by atoms with Gasteiger partial charge >= 0.3 is 0 Å². The molecule has 0 aliphatic rings. The van der Waals surface area contributed by atoms with E-state index in [2.05, 4.69) is 22.2 Å². The molecule has 1 aromatic carbocycles. The fraction of sp³-hybridized carbons (Fsp3) is 0.286. The van der Waals surface area contributed by atoms with Crippen LogP contribution in [0.25, 0.3) is 0 Å². The highest BCUT2D eigenvalue weighted by atomic mass is 35.5. The molecule has 0 bridgehead atoms. The van der Waals surface area contributed by atoms with Crippen LogP contribution in [-0.2, 0) is 6.54 Å². The van der Waals surface area contributed by atoms with Gasteiger partial charge in [0.1, 0.15) is 11.6 Å². The second-order valence-corrected chi connectivity index (χ2v) is 5.98. The van der Waals surface area contributed by atoms with E-state index in [1.165, 1.54) is 17.8 Å². The Labute approximate surface area is 133 Å². The number of anilines is 2. The lowest BCUT2D eigenvalue weighted by molar-refractivity contribution is 0.669. The summed E-state index contributed by atoms with van der Waals surface area (Å²) < 4.78 is 0. The van der Waals surface area contributed by atoms with Crippen molar-refractivity contribution in [2.45, 2.75) is 29.9 Å². The van der Waals surface area contributed by atoms with E-state index in [1.807, 2.05) is 18.2 Å². The Bertz CT molecular complexity index is 600. The zero-order valence-electron chi connectivity index (χ0n) is 11.8. The summed E-state index contributed by atoms with van der Waals surface area (Å²) in [7, 11) is 0. The van der Waals surface area contributed by atoms with E-state index in [0.29, 0.717) is 21.8 Å². The summed E-state index contributed by atoms with van der Waals surface area (Å²) in [5.41, 5.74) is 12.5. The third-order valence-electron chi connectivity index (χ3n) is 2.72. The van der Waals surface area contributed by atoms with E-state index in [-0.39, 0.29) is 0 Å². The zero-order chi connectivity index (χ0) is 15.2. The normalized spacial score (nSPS) is 10.8. The van der Waals surface area contributed by atoms with Gasteiger partial charge < -0.3 is 16.8 Å². The summed E-state index contributed by atoms with van der Waals surface area (Å²) in [6.45, 7) is 3.87. The molecule has 0 atom stereocenters. The molecule has 0 saturated carbocycles. The highest BCUT2D eigenvalue weighted by Crippen LogP contribution is 2.31. The molecule has 0 aliphatic heterocycles. The average Bonchev–Trinajstić information content (AvgIpc) is 2.40. The van der Waals surface area contributed by atoms with Gasteiger partial charge in [-0.05, 0) is 42.4 Å². The van der Waals surface area contributed by atoms with Crippen molar-refractivity contribution in [1.82, 2.24) is 15.3 Å². The molecular weight excluding hydrogens is 306 g/mol. The van der Waals surface area contributed by atoms with E-state index < -0.39 is 0 Å². The number of aromatic nitrogens is 2. The number of nitrogens with one attached hydrogen (secondary N) is 1. The Hall–Kier alpha value is -1.50. The monoisotopic (exact) mass is 323 g/mol. The van der Waals surface area contributed by atoms with Crippen molar-refractivity contribution in [1.29, 1.82) is 0 Å². The van der Waals surface area contributed by atoms with Gasteiger partial charge in [-0.1, -0.05) is 24.6 Å². The van der Waals surface area contributed by atoms with Crippen LogP contribution in [0.15, 0.2) is 34.3 Å². The van der Waals surface area contributed by atoms with Crippen molar-refractivity contribution in [3.63, 3.8) is 0 Å². The molecule has 1 aromatic heterocycles. The fourth-order valence-corrected chi connectivity index (χ4v) is 2.97. The van der Waals surface area contributed by atoms with Crippen LogP contribution in [0.2, 0.25) is 5.02 Å². The third kappa shape index (κ3) is 4.77. The van der Waals surface area contributed by atoms with Crippen LogP contribution in [-0.4, -0.2) is 16.5 Å². The Morgan fingerprint density at radius 2 is 1.90 bits per heavy atom. The largest absolute Gasteiger partial charge is 0.383 e. The lowest BCUT2D eigenvalue weighted by Gasteiger charge is -2.10. The number of benzene rings is 1. The molecule has 2 aromatic rings. The number of nitrogen functional groups attached to an aromatic ring is 2. The lowest BCUT2D eigenvalue weighted by atomic mass is 10.2. The van der Waals surface area contributed by atoms with Crippen molar-refractivity contribution >= 4 is 35.0 Å². The summed E-state index contributed by atoms with van der Waals surface area (Å²) in [6.07, 6.45) is 1.09. The second kappa shape index (κ2) is 7.49. The van der Waals surface area contributed by atoms with Gasteiger partial charge in [0, 0.05) is 22.5 Å². The van der Waals surface area contributed by atoms with Crippen LogP contribution >= 0.6 is 23.4 Å². The molecule has 2 rings (SSSR count). The van der Waals surface area contributed by atoms with Crippen LogP contribution in [0.5, 0.6) is 0 Å². The third-order valence-corrected chi connectivity index (χ3v) is 3.92. The maximum Gasteiger partial charge on any atom is 0.196 e. The molecule has 0 spiro atoms. The van der Waals surface area contributed by atoms with Crippen LogP contribution in [0.3, 0.4) is 0 Å². The van der Waals surface area contributed by atoms with E-state index in [4.69, 9.17) is 23.1 Å². The second-order valence-electron chi connectivity index (χ2n) is 4.53. The van der Waals surface area contributed by atoms with E-state index >= 15 is 0 Å². The molecule has 7 heteroatoms. The van der Waals surface area contributed by atoms with Crippen LogP contribution in [0, 0.1) is 0 Å². The molecule has 1 heterocycles. The molecular formula is C14H18ClN5S. The number of rotatable bonds is 6. The first-order valence-electron chi connectivity index (χ1n) is 6.65. The standard InChI is InChI=1S/C14H18ClN5S/c1-2-5-18-8-9-3-4-10(15)6-11(9)21-14-19-12(16)7-13(17)20-14/h3-4,6-7,18H,2,5,8H2,1H3,(H4,16,17,19,20). The minimum Gasteiger partial charge on any atom is -0.383 e. The van der Waals surface area contributed by atoms with Crippen molar-refractivity contribution in [3.8, 4) is 0 Å². The predicted octanol–water partition coefficient (Wildman–Crippen LogP) is 2.95. The van der Waals surface area contributed by atoms with Gasteiger partial charge in [-0.3, -0.25) is 0 Å². The smallest absolute Gasteiger partial charge is 0.196 e. The highest BCUT2D eigenvalue weighted by Gasteiger charge is 2.09. The van der Waals surface area contributed by atoms with Gasteiger partial charge in [0.15, 0.2) is 5.16 Å². The Kier molecular flexibility index (Phi) is 5.67. The van der Waals surface area contributed by atoms with E-state index in [1.54, 1.807) is 0 Å². The number of nitrogens with two attached hydrogens (primary N) is 2. The van der Waals surface area contributed by atoms with Gasteiger partial charge in [0.25, 0.3) is 0 Å². The minimum absolute atomic E-state index is 0.359. The first-order valence-corrected chi connectivity index (χ1v) is 7.85. The van der Waals surface area contributed by atoms with Gasteiger partial charge in [-0.15, -0.1) is 0 Å². The molecule has 5 nitrogen and oxygen atoms in total. The maximum absolute atomic E-state index is 6.08. The van der Waals surface area contributed by atoms with Gasteiger partial charge in [-0.25, -0.2) is 9.97 Å². The minimum atomic E-state index is 0.359. The van der Waals surface area contributed by atoms with Crippen LogP contribution in [0.4, 0.5) is 11.6 Å². The van der Waals surface area contributed by atoms with Crippen LogP contribution in [0.1, 0.15) is 18.9 Å². The zero-order valence-corrected chi connectivity index (χ0v) is 13.3. The maximum atomic E-state index is 6.08. The predicted molar refractivity (Wildman–Crippen MR) is 88.4 cm³/mol. The van der Waals surface area contributed by atoms with Gasteiger partial charge in [0.2, 0.25) is 0 Å². The molecule has 5 N–H and O–H groups in total. The number of halogens is 1. The summed E-state index contributed by atoms with van der Waals surface area (Å²) in [4.78, 5) is 9.36. The van der Waals surface area contributed by atoms with Crippen molar-refractivity contribution in [2.24, 2.45) is 0 Å². The Morgan fingerprint density at radius 1 is 1.19 bits per heavy atom. The first-order chi connectivity index (χ1) is 10.1.